The van der Waals surface area contributed by atoms with Crippen molar-refractivity contribution < 1.29 is 31.8 Å². The standard InChI is InChI=1S/C19H19ClFNO6S/c1-26-17-8-7-12(20)9-18(17)29(24,25)22-11-13(10-15(22)19(23)27-2)28-16-6-4-3-5-14(16)21/h3-9,13,15H,10-11H2,1-2H3/t13-,15+/m1/s1. The summed E-state index contributed by atoms with van der Waals surface area (Å²) in [4.78, 5) is 12.1. The van der Waals surface area contributed by atoms with Crippen molar-refractivity contribution in [1.29, 1.82) is 0 Å². The van der Waals surface area contributed by atoms with Crippen LogP contribution in [0.4, 0.5) is 4.39 Å². The van der Waals surface area contributed by atoms with Gasteiger partial charge in [0.2, 0.25) is 10.0 Å². The first-order valence-electron chi connectivity index (χ1n) is 8.62. The summed E-state index contributed by atoms with van der Waals surface area (Å²) in [7, 11) is -1.70. The molecule has 7 nitrogen and oxygen atoms in total. The molecular weight excluding hydrogens is 425 g/mol. The topological polar surface area (TPSA) is 82.1 Å². The zero-order chi connectivity index (χ0) is 21.2. The Bertz CT molecular complexity index is 1020. The monoisotopic (exact) mass is 443 g/mol. The van der Waals surface area contributed by atoms with Crippen LogP contribution in [0.1, 0.15) is 6.42 Å². The highest BCUT2D eigenvalue weighted by Gasteiger charge is 2.46. The zero-order valence-corrected chi connectivity index (χ0v) is 17.2. The lowest BCUT2D eigenvalue weighted by molar-refractivity contribution is -0.144. The Balaban J connectivity index is 1.96. The first kappa shape index (κ1) is 21.4. The summed E-state index contributed by atoms with van der Waals surface area (Å²) < 4.78 is 57.1. The average Bonchev–Trinajstić information content (AvgIpc) is 3.14. The molecule has 0 saturated carbocycles. The fourth-order valence-corrected chi connectivity index (χ4v) is 5.21. The molecule has 2 aromatic rings. The van der Waals surface area contributed by atoms with Gasteiger partial charge >= 0.3 is 5.97 Å². The molecule has 0 amide bonds. The number of methoxy groups -OCH3 is 2. The highest BCUT2D eigenvalue weighted by molar-refractivity contribution is 7.89. The molecule has 10 heteroatoms. The Kier molecular flexibility index (Phi) is 6.30. The van der Waals surface area contributed by atoms with Crippen LogP contribution in [0, 0.1) is 5.82 Å². The number of carbonyl (C=O) groups excluding carboxylic acids is 1. The molecular formula is C19H19ClFNO6S. The number of hydrogen-bond donors (Lipinski definition) is 0. The molecule has 1 aliphatic rings. The third kappa shape index (κ3) is 4.31. The van der Waals surface area contributed by atoms with Crippen LogP contribution in [0.3, 0.4) is 0 Å². The van der Waals surface area contributed by atoms with Gasteiger partial charge in [0.1, 0.15) is 22.8 Å². The number of carbonyl (C=O) groups is 1. The smallest absolute Gasteiger partial charge is 0.324 e. The number of sulfonamides is 1. The van der Waals surface area contributed by atoms with E-state index < -0.39 is 34.0 Å². The van der Waals surface area contributed by atoms with Crippen molar-refractivity contribution in [3.05, 3.63) is 53.3 Å². The van der Waals surface area contributed by atoms with Gasteiger partial charge in [0.05, 0.1) is 20.8 Å². The first-order chi connectivity index (χ1) is 13.8. The fraction of sp³-hybridized carbons (Fsp3) is 0.316. The van der Waals surface area contributed by atoms with E-state index in [-0.39, 0.29) is 34.4 Å². The molecule has 156 valence electrons. The molecule has 2 atom stereocenters. The molecule has 1 aliphatic heterocycles. The van der Waals surface area contributed by atoms with Gasteiger partial charge in [-0.3, -0.25) is 4.79 Å². The number of esters is 1. The summed E-state index contributed by atoms with van der Waals surface area (Å²) in [5, 5.41) is 0.192. The minimum absolute atomic E-state index is 0.00309. The lowest BCUT2D eigenvalue weighted by Crippen LogP contribution is -2.41. The fourth-order valence-electron chi connectivity index (χ4n) is 3.17. The van der Waals surface area contributed by atoms with Gasteiger partial charge < -0.3 is 14.2 Å². The predicted octanol–water partition coefficient (Wildman–Crippen LogP) is 2.87. The van der Waals surface area contributed by atoms with Crippen molar-refractivity contribution in [2.45, 2.75) is 23.5 Å². The maximum atomic E-state index is 13.9. The van der Waals surface area contributed by atoms with Crippen LogP contribution in [0.25, 0.3) is 0 Å². The quantitative estimate of drug-likeness (QED) is 0.638. The second kappa shape index (κ2) is 8.56. The predicted molar refractivity (Wildman–Crippen MR) is 103 cm³/mol. The van der Waals surface area contributed by atoms with E-state index in [0.29, 0.717) is 0 Å². The third-order valence-electron chi connectivity index (χ3n) is 4.53. The average molecular weight is 444 g/mol. The van der Waals surface area contributed by atoms with Crippen molar-refractivity contribution in [3.63, 3.8) is 0 Å². The number of benzene rings is 2. The molecule has 2 aromatic carbocycles. The van der Waals surface area contributed by atoms with Gasteiger partial charge in [-0.15, -0.1) is 0 Å². The van der Waals surface area contributed by atoms with Gasteiger partial charge in [0, 0.05) is 11.4 Å². The van der Waals surface area contributed by atoms with Crippen LogP contribution in [0.5, 0.6) is 11.5 Å². The minimum atomic E-state index is -4.19. The first-order valence-corrected chi connectivity index (χ1v) is 10.4. The molecule has 0 unspecified atom stereocenters. The van der Waals surface area contributed by atoms with E-state index in [9.17, 15) is 17.6 Å². The maximum absolute atomic E-state index is 13.9. The van der Waals surface area contributed by atoms with Crippen molar-refractivity contribution in [2.75, 3.05) is 20.8 Å². The van der Waals surface area contributed by atoms with Crippen LogP contribution >= 0.6 is 11.6 Å². The summed E-state index contributed by atoms with van der Waals surface area (Å²) in [6.07, 6.45) is -0.751. The molecule has 0 bridgehead atoms. The molecule has 0 radical (unpaired) electrons. The van der Waals surface area contributed by atoms with Crippen molar-refractivity contribution in [2.24, 2.45) is 0 Å². The SMILES string of the molecule is COC(=O)[C@@H]1C[C@@H](Oc2ccccc2F)CN1S(=O)(=O)c1cc(Cl)ccc1OC. The lowest BCUT2D eigenvalue weighted by atomic mass is 10.2. The highest BCUT2D eigenvalue weighted by Crippen LogP contribution is 2.35. The van der Waals surface area contributed by atoms with E-state index in [1.807, 2.05) is 0 Å². The van der Waals surface area contributed by atoms with E-state index in [1.54, 1.807) is 6.07 Å². The normalized spacial score (nSPS) is 19.7. The number of ether oxygens (including phenoxy) is 3. The number of rotatable bonds is 6. The van der Waals surface area contributed by atoms with E-state index in [4.69, 9.17) is 25.8 Å². The molecule has 1 fully saturated rings. The van der Waals surface area contributed by atoms with Gasteiger partial charge in [-0.25, -0.2) is 12.8 Å². The highest BCUT2D eigenvalue weighted by atomic mass is 35.5. The van der Waals surface area contributed by atoms with Crippen LogP contribution < -0.4 is 9.47 Å². The third-order valence-corrected chi connectivity index (χ3v) is 6.66. The number of nitrogens with zero attached hydrogens (tertiary/aromatic N) is 1. The molecule has 29 heavy (non-hydrogen) atoms. The molecule has 1 saturated heterocycles. The van der Waals surface area contributed by atoms with Gasteiger partial charge in [0.25, 0.3) is 0 Å². The summed E-state index contributed by atoms with van der Waals surface area (Å²) in [6, 6.07) is 8.79. The second-order valence-electron chi connectivity index (χ2n) is 6.31. The van der Waals surface area contributed by atoms with E-state index in [1.165, 1.54) is 43.5 Å². The van der Waals surface area contributed by atoms with Gasteiger partial charge in [-0.1, -0.05) is 23.7 Å². The summed E-state index contributed by atoms with van der Waals surface area (Å²) >= 11 is 5.97. The van der Waals surface area contributed by atoms with Crippen LogP contribution in [0.2, 0.25) is 5.02 Å². The van der Waals surface area contributed by atoms with Crippen LogP contribution in [0.15, 0.2) is 47.4 Å². The molecule has 0 spiro atoms. The Morgan fingerprint density at radius 3 is 2.55 bits per heavy atom. The lowest BCUT2D eigenvalue weighted by Gasteiger charge is -2.23. The second-order valence-corrected chi connectivity index (χ2v) is 8.61. The Labute approximate surface area is 173 Å². The van der Waals surface area contributed by atoms with Gasteiger partial charge in [0.15, 0.2) is 11.6 Å². The van der Waals surface area contributed by atoms with E-state index in [0.717, 1.165) is 11.4 Å². The van der Waals surface area contributed by atoms with E-state index in [2.05, 4.69) is 0 Å². The number of halogens is 2. The van der Waals surface area contributed by atoms with Gasteiger partial charge in [-0.2, -0.15) is 4.31 Å². The van der Waals surface area contributed by atoms with Crippen molar-refractivity contribution in [1.82, 2.24) is 4.31 Å². The molecule has 3 rings (SSSR count). The maximum Gasteiger partial charge on any atom is 0.324 e. The largest absolute Gasteiger partial charge is 0.495 e. The molecule has 0 N–H and O–H groups in total. The number of para-hydroxylation sites is 1. The van der Waals surface area contributed by atoms with Gasteiger partial charge in [-0.05, 0) is 30.3 Å². The summed E-state index contributed by atoms with van der Waals surface area (Å²) in [5.41, 5.74) is 0. The van der Waals surface area contributed by atoms with Crippen molar-refractivity contribution >= 4 is 27.6 Å². The Hall–Kier alpha value is -2.36. The zero-order valence-electron chi connectivity index (χ0n) is 15.7. The summed E-state index contributed by atoms with van der Waals surface area (Å²) in [5.74, 6) is -1.27. The number of hydrogen-bond acceptors (Lipinski definition) is 6. The Morgan fingerprint density at radius 2 is 1.90 bits per heavy atom. The Morgan fingerprint density at radius 1 is 1.17 bits per heavy atom. The van der Waals surface area contributed by atoms with Crippen molar-refractivity contribution in [3.8, 4) is 11.5 Å². The molecule has 0 aromatic heterocycles. The van der Waals surface area contributed by atoms with Crippen LogP contribution in [-0.4, -0.2) is 51.6 Å². The van der Waals surface area contributed by atoms with E-state index >= 15 is 0 Å². The summed E-state index contributed by atoms with van der Waals surface area (Å²) in [6.45, 7) is -0.175. The minimum Gasteiger partial charge on any atom is -0.495 e. The molecule has 0 aliphatic carbocycles. The van der Waals surface area contributed by atoms with Crippen LogP contribution in [-0.2, 0) is 19.6 Å². The molecule has 1 heterocycles.